The van der Waals surface area contributed by atoms with Crippen LogP contribution in [0.5, 0.6) is 0 Å². The number of hydrogen-bond donors (Lipinski definition) is 0. The van der Waals surface area contributed by atoms with Gasteiger partial charge in [-0.2, -0.15) is 0 Å². The van der Waals surface area contributed by atoms with Crippen LogP contribution in [0.4, 0.5) is 0 Å². The summed E-state index contributed by atoms with van der Waals surface area (Å²) in [6.45, 7) is 2.11. The molecule has 6 aromatic rings. The molecule has 1 aromatic heterocycles. The van der Waals surface area contributed by atoms with Crippen LogP contribution in [-0.2, 0) is 0 Å². The van der Waals surface area contributed by atoms with E-state index in [0.29, 0.717) is 6.42 Å². The highest BCUT2D eigenvalue weighted by Crippen LogP contribution is 2.33. The van der Waals surface area contributed by atoms with Crippen LogP contribution < -0.4 is 0 Å². The molecular weight excluding hydrogens is 450 g/mol. The Balaban J connectivity index is 1.29. The first-order chi connectivity index (χ1) is 18.2. The zero-order chi connectivity index (χ0) is 25.2. The number of Topliss-reactive ketones (excluding diaryl/α,β-unsaturated/α-hetero) is 1. The van der Waals surface area contributed by atoms with Gasteiger partial charge in [-0.05, 0) is 59.0 Å². The normalized spacial score (nSPS) is 11.3. The minimum atomic E-state index is 0.226. The molecule has 0 bridgehead atoms. The van der Waals surface area contributed by atoms with Gasteiger partial charge < -0.3 is 4.57 Å². The first-order valence-corrected chi connectivity index (χ1v) is 13.1. The molecule has 2 nitrogen and oxygen atoms in total. The topological polar surface area (TPSA) is 22.0 Å². The molecule has 0 atom stereocenters. The van der Waals surface area contributed by atoms with Crippen molar-refractivity contribution >= 4 is 27.6 Å². The summed E-state index contributed by atoms with van der Waals surface area (Å²) in [5.74, 6) is 0.226. The quantitative estimate of drug-likeness (QED) is 0.209. The van der Waals surface area contributed by atoms with Crippen LogP contribution in [0.1, 0.15) is 36.5 Å². The molecule has 0 unspecified atom stereocenters. The van der Waals surface area contributed by atoms with Gasteiger partial charge in [-0.15, -0.1) is 0 Å². The van der Waals surface area contributed by atoms with Crippen molar-refractivity contribution in [2.75, 3.05) is 0 Å². The minimum Gasteiger partial charge on any atom is -0.309 e. The molecule has 180 valence electrons. The lowest BCUT2D eigenvalue weighted by Gasteiger charge is -2.10. The summed E-state index contributed by atoms with van der Waals surface area (Å²) in [6, 6.07) is 42.6. The van der Waals surface area contributed by atoms with Crippen LogP contribution in [-0.4, -0.2) is 10.4 Å². The van der Waals surface area contributed by atoms with Crippen LogP contribution in [0.2, 0.25) is 0 Å². The van der Waals surface area contributed by atoms with Gasteiger partial charge in [-0.25, -0.2) is 0 Å². The molecule has 0 saturated heterocycles. The Kier molecular flexibility index (Phi) is 6.16. The van der Waals surface area contributed by atoms with Gasteiger partial charge in [0.05, 0.1) is 11.0 Å². The van der Waals surface area contributed by atoms with E-state index in [1.54, 1.807) is 0 Å². The predicted octanol–water partition coefficient (Wildman–Crippen LogP) is 9.49. The van der Waals surface area contributed by atoms with Crippen LogP contribution in [0.25, 0.3) is 49.7 Å². The number of hydrogen-bond acceptors (Lipinski definition) is 1. The standard InChI is InChI=1S/C35H29NO/c1-2-3-15-35(37)29-10-8-9-28(24-29)27-18-16-25(17-19-27)26-20-22-30(23-21-26)36-33-13-6-4-11-31(33)32-12-5-7-14-34(32)36/h4-14,16-24H,2-3,15H2,1H3. The Labute approximate surface area is 217 Å². The number of carbonyl (C=O) groups is 1. The van der Waals surface area contributed by atoms with Gasteiger partial charge >= 0.3 is 0 Å². The summed E-state index contributed by atoms with van der Waals surface area (Å²) in [6.07, 6.45) is 2.59. The highest BCUT2D eigenvalue weighted by molar-refractivity contribution is 6.09. The molecule has 5 aromatic carbocycles. The smallest absolute Gasteiger partial charge is 0.162 e. The number of ketones is 1. The third-order valence-electron chi connectivity index (χ3n) is 7.20. The van der Waals surface area contributed by atoms with Crippen molar-refractivity contribution in [3.63, 3.8) is 0 Å². The zero-order valence-corrected chi connectivity index (χ0v) is 21.0. The van der Waals surface area contributed by atoms with Crippen molar-refractivity contribution in [3.8, 4) is 27.9 Å². The van der Waals surface area contributed by atoms with Gasteiger partial charge in [-0.1, -0.05) is 104 Å². The molecule has 1 heterocycles. The molecule has 0 aliphatic carbocycles. The molecule has 0 amide bonds. The number of fused-ring (bicyclic) bond motifs is 3. The van der Waals surface area contributed by atoms with E-state index in [2.05, 4.69) is 115 Å². The Morgan fingerprint density at radius 3 is 1.73 bits per heavy atom. The third-order valence-corrected chi connectivity index (χ3v) is 7.20. The number of unbranched alkanes of at least 4 members (excludes halogenated alkanes) is 1. The van der Waals surface area contributed by atoms with Gasteiger partial charge in [0.25, 0.3) is 0 Å². The molecule has 0 radical (unpaired) electrons. The largest absolute Gasteiger partial charge is 0.309 e. The van der Waals surface area contributed by atoms with E-state index < -0.39 is 0 Å². The monoisotopic (exact) mass is 479 g/mol. The van der Waals surface area contributed by atoms with E-state index >= 15 is 0 Å². The van der Waals surface area contributed by atoms with Crippen molar-refractivity contribution in [1.82, 2.24) is 4.57 Å². The van der Waals surface area contributed by atoms with Crippen LogP contribution in [0, 0.1) is 0 Å². The minimum absolute atomic E-state index is 0.226. The maximum absolute atomic E-state index is 12.5. The number of rotatable bonds is 7. The second-order valence-electron chi connectivity index (χ2n) is 9.60. The molecule has 0 saturated carbocycles. The van der Waals surface area contributed by atoms with E-state index in [0.717, 1.165) is 35.2 Å². The van der Waals surface area contributed by atoms with Crippen molar-refractivity contribution in [3.05, 3.63) is 127 Å². The van der Waals surface area contributed by atoms with Crippen molar-refractivity contribution < 1.29 is 4.79 Å². The fourth-order valence-electron chi connectivity index (χ4n) is 5.21. The van der Waals surface area contributed by atoms with E-state index in [-0.39, 0.29) is 5.78 Å². The summed E-state index contributed by atoms with van der Waals surface area (Å²) in [5.41, 5.74) is 8.95. The fraction of sp³-hybridized carbons (Fsp3) is 0.114. The maximum atomic E-state index is 12.5. The Hall–Kier alpha value is -4.43. The van der Waals surface area contributed by atoms with Crippen molar-refractivity contribution in [2.45, 2.75) is 26.2 Å². The van der Waals surface area contributed by atoms with Crippen molar-refractivity contribution in [2.24, 2.45) is 0 Å². The first kappa shape index (κ1) is 23.0. The lowest BCUT2D eigenvalue weighted by Crippen LogP contribution is -1.98. The molecule has 0 spiro atoms. The van der Waals surface area contributed by atoms with Crippen LogP contribution in [0.3, 0.4) is 0 Å². The van der Waals surface area contributed by atoms with E-state index in [1.807, 2.05) is 18.2 Å². The molecular formula is C35H29NO. The number of nitrogens with zero attached hydrogens (tertiary/aromatic N) is 1. The van der Waals surface area contributed by atoms with Gasteiger partial charge in [0, 0.05) is 28.4 Å². The number of benzene rings is 5. The number of aromatic nitrogens is 1. The Morgan fingerprint density at radius 2 is 1.14 bits per heavy atom. The molecule has 0 aliphatic heterocycles. The summed E-state index contributed by atoms with van der Waals surface area (Å²) in [5, 5.41) is 2.54. The zero-order valence-electron chi connectivity index (χ0n) is 21.0. The highest BCUT2D eigenvalue weighted by atomic mass is 16.1. The Morgan fingerprint density at radius 1 is 0.595 bits per heavy atom. The van der Waals surface area contributed by atoms with E-state index in [9.17, 15) is 4.79 Å². The van der Waals surface area contributed by atoms with Crippen molar-refractivity contribution in [1.29, 1.82) is 0 Å². The van der Waals surface area contributed by atoms with Gasteiger partial charge in [0.15, 0.2) is 5.78 Å². The van der Waals surface area contributed by atoms with Crippen LogP contribution in [0.15, 0.2) is 121 Å². The second kappa shape index (κ2) is 9.91. The maximum Gasteiger partial charge on any atom is 0.162 e. The predicted molar refractivity (Wildman–Crippen MR) is 156 cm³/mol. The highest BCUT2D eigenvalue weighted by Gasteiger charge is 2.12. The van der Waals surface area contributed by atoms with Gasteiger partial charge in [0.2, 0.25) is 0 Å². The lowest BCUT2D eigenvalue weighted by molar-refractivity contribution is 0.0980. The van der Waals surface area contributed by atoms with E-state index in [1.165, 1.54) is 32.9 Å². The average Bonchev–Trinajstić information content (AvgIpc) is 3.31. The summed E-state index contributed by atoms with van der Waals surface area (Å²) in [7, 11) is 0. The SMILES string of the molecule is CCCCC(=O)c1cccc(-c2ccc(-c3ccc(-n4c5ccccc5c5ccccc54)cc3)cc2)c1. The first-order valence-electron chi connectivity index (χ1n) is 13.1. The molecule has 0 fully saturated rings. The van der Waals surface area contributed by atoms with E-state index in [4.69, 9.17) is 0 Å². The summed E-state index contributed by atoms with van der Waals surface area (Å²) < 4.78 is 2.34. The fourth-order valence-corrected chi connectivity index (χ4v) is 5.21. The molecule has 2 heteroatoms. The van der Waals surface area contributed by atoms with Gasteiger partial charge in [-0.3, -0.25) is 4.79 Å². The van der Waals surface area contributed by atoms with Crippen LogP contribution >= 0.6 is 0 Å². The molecule has 0 aliphatic rings. The van der Waals surface area contributed by atoms with Gasteiger partial charge in [0.1, 0.15) is 0 Å². The Bertz CT molecular complexity index is 1650. The summed E-state index contributed by atoms with van der Waals surface area (Å²) >= 11 is 0. The lowest BCUT2D eigenvalue weighted by atomic mass is 9.97. The third kappa shape index (κ3) is 4.36. The molecule has 37 heavy (non-hydrogen) atoms. The average molecular weight is 480 g/mol. The molecule has 6 rings (SSSR count). The summed E-state index contributed by atoms with van der Waals surface area (Å²) in [4.78, 5) is 12.5. The number of para-hydroxylation sites is 2. The second-order valence-corrected chi connectivity index (χ2v) is 9.60. The number of carbonyl (C=O) groups excluding carboxylic acids is 1. The molecule has 0 N–H and O–H groups in total.